The number of esters is 1. The molecule has 0 aromatic rings. The third-order valence-corrected chi connectivity index (χ3v) is 2.19. The minimum Gasteiger partial charge on any atom is -0.459 e. The highest BCUT2D eigenvalue weighted by atomic mass is 16.7. The Morgan fingerprint density at radius 1 is 1.33 bits per heavy atom. The van der Waals surface area contributed by atoms with Crippen molar-refractivity contribution in [2.75, 3.05) is 6.54 Å². The fraction of sp³-hybridized carbons (Fsp3) is 0.909. The average molecular weight is 215 g/mol. The van der Waals surface area contributed by atoms with E-state index in [9.17, 15) is 4.79 Å². The second-order valence-electron chi connectivity index (χ2n) is 4.93. The number of nitrogens with one attached hydrogen (secondary N) is 1. The first-order chi connectivity index (χ1) is 6.97. The highest BCUT2D eigenvalue weighted by molar-refractivity contribution is 5.71. The van der Waals surface area contributed by atoms with Crippen molar-refractivity contribution in [3.63, 3.8) is 0 Å². The molecule has 0 radical (unpaired) electrons. The van der Waals surface area contributed by atoms with Gasteiger partial charge in [-0.25, -0.2) is 0 Å². The first kappa shape index (κ1) is 12.5. The molecule has 1 aliphatic rings. The van der Waals surface area contributed by atoms with Crippen LogP contribution in [0.5, 0.6) is 0 Å². The standard InChI is InChI=1S/C11H21NO3/c1-11(2,3)14-10(13)8-12-15-9-6-4-5-7-9/h9,12H,4-8H2,1-3H3. The zero-order valence-electron chi connectivity index (χ0n) is 9.84. The fourth-order valence-corrected chi connectivity index (χ4v) is 1.60. The van der Waals surface area contributed by atoms with Crippen molar-refractivity contribution in [3.8, 4) is 0 Å². The summed E-state index contributed by atoms with van der Waals surface area (Å²) in [5, 5.41) is 0. The second-order valence-corrected chi connectivity index (χ2v) is 4.93. The van der Waals surface area contributed by atoms with Crippen LogP contribution in [-0.4, -0.2) is 24.2 Å². The summed E-state index contributed by atoms with van der Waals surface area (Å²) in [6.45, 7) is 5.67. The molecule has 1 fully saturated rings. The summed E-state index contributed by atoms with van der Waals surface area (Å²) in [5.74, 6) is -0.277. The van der Waals surface area contributed by atoms with E-state index in [4.69, 9.17) is 9.57 Å². The van der Waals surface area contributed by atoms with E-state index in [1.807, 2.05) is 20.8 Å². The van der Waals surface area contributed by atoms with Crippen LogP contribution in [-0.2, 0) is 14.4 Å². The summed E-state index contributed by atoms with van der Waals surface area (Å²) in [6, 6.07) is 0. The summed E-state index contributed by atoms with van der Waals surface area (Å²) in [7, 11) is 0. The maximum Gasteiger partial charge on any atom is 0.322 e. The molecule has 0 spiro atoms. The van der Waals surface area contributed by atoms with E-state index in [2.05, 4.69) is 5.48 Å². The van der Waals surface area contributed by atoms with E-state index in [1.165, 1.54) is 12.8 Å². The van der Waals surface area contributed by atoms with Gasteiger partial charge in [0.1, 0.15) is 12.1 Å². The topological polar surface area (TPSA) is 47.6 Å². The van der Waals surface area contributed by atoms with E-state index in [1.54, 1.807) is 0 Å². The normalized spacial score (nSPS) is 18.1. The maximum atomic E-state index is 11.3. The molecule has 15 heavy (non-hydrogen) atoms. The third-order valence-electron chi connectivity index (χ3n) is 2.19. The van der Waals surface area contributed by atoms with Crippen LogP contribution in [0.25, 0.3) is 0 Å². The van der Waals surface area contributed by atoms with Crippen LogP contribution in [0.15, 0.2) is 0 Å². The molecule has 0 heterocycles. The molecule has 0 atom stereocenters. The molecule has 0 bridgehead atoms. The number of hydroxylamine groups is 1. The summed E-state index contributed by atoms with van der Waals surface area (Å²) in [6.07, 6.45) is 4.88. The lowest BCUT2D eigenvalue weighted by atomic mass is 10.2. The van der Waals surface area contributed by atoms with Gasteiger partial charge in [-0.2, -0.15) is 5.48 Å². The summed E-state index contributed by atoms with van der Waals surface area (Å²) >= 11 is 0. The molecule has 0 aromatic carbocycles. The molecular formula is C11H21NO3. The highest BCUT2D eigenvalue weighted by Crippen LogP contribution is 2.19. The van der Waals surface area contributed by atoms with Crippen LogP contribution in [0.3, 0.4) is 0 Å². The van der Waals surface area contributed by atoms with Gasteiger partial charge in [-0.3, -0.25) is 9.63 Å². The lowest BCUT2D eigenvalue weighted by Crippen LogP contribution is -2.33. The van der Waals surface area contributed by atoms with Crippen molar-refractivity contribution in [1.82, 2.24) is 5.48 Å². The van der Waals surface area contributed by atoms with E-state index in [0.29, 0.717) is 0 Å². The molecule has 0 unspecified atom stereocenters. The summed E-state index contributed by atoms with van der Waals surface area (Å²) in [4.78, 5) is 16.6. The van der Waals surface area contributed by atoms with Gasteiger partial charge >= 0.3 is 5.97 Å². The van der Waals surface area contributed by atoms with Crippen LogP contribution >= 0.6 is 0 Å². The minimum atomic E-state index is -0.424. The van der Waals surface area contributed by atoms with Gasteiger partial charge in [-0.1, -0.05) is 12.8 Å². The van der Waals surface area contributed by atoms with Gasteiger partial charge in [0.05, 0.1) is 6.10 Å². The quantitative estimate of drug-likeness (QED) is 0.573. The van der Waals surface area contributed by atoms with Gasteiger partial charge in [0.25, 0.3) is 0 Å². The second kappa shape index (κ2) is 5.47. The van der Waals surface area contributed by atoms with Crippen LogP contribution in [0.4, 0.5) is 0 Å². The van der Waals surface area contributed by atoms with Crippen molar-refractivity contribution in [1.29, 1.82) is 0 Å². The van der Waals surface area contributed by atoms with E-state index < -0.39 is 5.60 Å². The van der Waals surface area contributed by atoms with Gasteiger partial charge in [-0.05, 0) is 33.6 Å². The summed E-state index contributed by atoms with van der Waals surface area (Å²) in [5.41, 5.74) is 2.25. The average Bonchev–Trinajstić information content (AvgIpc) is 2.53. The predicted octanol–water partition coefficient (Wildman–Crippen LogP) is 1.79. The van der Waals surface area contributed by atoms with Crippen LogP contribution in [0.1, 0.15) is 46.5 Å². The monoisotopic (exact) mass is 215 g/mol. The Labute approximate surface area is 91.3 Å². The van der Waals surface area contributed by atoms with Crippen molar-refractivity contribution >= 4 is 5.97 Å². The number of carbonyl (C=O) groups excluding carboxylic acids is 1. The van der Waals surface area contributed by atoms with Crippen molar-refractivity contribution in [2.24, 2.45) is 0 Å². The van der Waals surface area contributed by atoms with Gasteiger partial charge in [-0.15, -0.1) is 0 Å². The molecule has 0 aliphatic heterocycles. The Kier molecular flexibility index (Phi) is 4.54. The molecule has 1 saturated carbocycles. The number of carbonyl (C=O) groups is 1. The Morgan fingerprint density at radius 2 is 1.93 bits per heavy atom. The number of hydrogen-bond acceptors (Lipinski definition) is 4. The third kappa shape index (κ3) is 5.74. The van der Waals surface area contributed by atoms with Gasteiger partial charge in [0.2, 0.25) is 0 Å². The minimum absolute atomic E-state index is 0.119. The first-order valence-corrected chi connectivity index (χ1v) is 5.58. The van der Waals surface area contributed by atoms with Gasteiger partial charge in [0, 0.05) is 0 Å². The Hall–Kier alpha value is -0.610. The molecule has 1 aliphatic carbocycles. The molecule has 4 heteroatoms. The number of rotatable bonds is 4. The van der Waals surface area contributed by atoms with Crippen molar-refractivity contribution < 1.29 is 14.4 Å². The van der Waals surface area contributed by atoms with Gasteiger partial charge < -0.3 is 4.74 Å². The molecule has 0 amide bonds. The molecular weight excluding hydrogens is 194 g/mol. The maximum absolute atomic E-state index is 11.3. The predicted molar refractivity (Wildman–Crippen MR) is 57.2 cm³/mol. The fourth-order valence-electron chi connectivity index (χ4n) is 1.60. The first-order valence-electron chi connectivity index (χ1n) is 5.58. The van der Waals surface area contributed by atoms with Crippen molar-refractivity contribution in [3.05, 3.63) is 0 Å². The number of ether oxygens (including phenoxy) is 1. The molecule has 1 rings (SSSR count). The number of hydrogen-bond donors (Lipinski definition) is 1. The highest BCUT2D eigenvalue weighted by Gasteiger charge is 2.18. The van der Waals surface area contributed by atoms with Crippen molar-refractivity contribution in [2.45, 2.75) is 58.2 Å². The van der Waals surface area contributed by atoms with E-state index in [-0.39, 0.29) is 18.6 Å². The lowest BCUT2D eigenvalue weighted by Gasteiger charge is -2.20. The molecule has 0 aromatic heterocycles. The van der Waals surface area contributed by atoms with Crippen LogP contribution < -0.4 is 5.48 Å². The molecule has 1 N–H and O–H groups in total. The Morgan fingerprint density at radius 3 is 2.47 bits per heavy atom. The summed E-state index contributed by atoms with van der Waals surface area (Å²) < 4.78 is 5.12. The smallest absolute Gasteiger partial charge is 0.322 e. The SMILES string of the molecule is CC(C)(C)OC(=O)CNOC1CCCC1. The Bertz CT molecular complexity index is 204. The lowest BCUT2D eigenvalue weighted by molar-refractivity contribution is -0.157. The zero-order chi connectivity index (χ0) is 11.3. The van der Waals surface area contributed by atoms with Crippen LogP contribution in [0, 0.1) is 0 Å². The van der Waals surface area contributed by atoms with Crippen LogP contribution in [0.2, 0.25) is 0 Å². The Balaban J connectivity index is 2.06. The molecule has 4 nitrogen and oxygen atoms in total. The van der Waals surface area contributed by atoms with E-state index >= 15 is 0 Å². The molecule has 88 valence electrons. The van der Waals surface area contributed by atoms with E-state index in [0.717, 1.165) is 12.8 Å². The van der Waals surface area contributed by atoms with Gasteiger partial charge in [0.15, 0.2) is 0 Å². The molecule has 0 saturated heterocycles. The largest absolute Gasteiger partial charge is 0.459 e. The zero-order valence-corrected chi connectivity index (χ0v) is 9.84.